The average Bonchev–Trinajstić information content (AvgIpc) is 2.72. The fourth-order valence-electron chi connectivity index (χ4n) is 6.59. The highest BCUT2D eigenvalue weighted by Crippen LogP contribution is 2.64. The second-order valence-corrected chi connectivity index (χ2v) is 9.13. The maximum absolute atomic E-state index is 14.1. The number of fused-ring (bicyclic) bond motifs is 5. The van der Waals surface area contributed by atoms with Crippen molar-refractivity contribution in [1.29, 1.82) is 0 Å². The van der Waals surface area contributed by atoms with Crippen molar-refractivity contribution in [2.45, 2.75) is 71.9 Å². The SMILES string of the molecule is CC1CC[C@@]2(C)C(=CC[C@@H]3[C@@H]2CC[C@]2(C)C(=O)[C@H](F)C[C@@H]32)C1. The molecule has 0 N–H and O–H groups in total. The zero-order valence-corrected chi connectivity index (χ0v) is 14.2. The molecule has 4 aliphatic carbocycles. The lowest BCUT2D eigenvalue weighted by molar-refractivity contribution is -0.134. The third-order valence-electron chi connectivity index (χ3n) is 8.05. The van der Waals surface area contributed by atoms with E-state index >= 15 is 0 Å². The third kappa shape index (κ3) is 1.79. The fourth-order valence-corrected chi connectivity index (χ4v) is 6.59. The Bertz CT molecular complexity index is 538. The molecule has 0 aromatic rings. The van der Waals surface area contributed by atoms with E-state index in [0.717, 1.165) is 25.2 Å². The Balaban J connectivity index is 1.70. The van der Waals surface area contributed by atoms with Gasteiger partial charge in [0.1, 0.15) is 0 Å². The van der Waals surface area contributed by atoms with Crippen LogP contribution in [-0.2, 0) is 4.79 Å². The number of rotatable bonds is 0. The number of allylic oxidation sites excluding steroid dienone is 2. The maximum Gasteiger partial charge on any atom is 0.173 e. The first-order valence-electron chi connectivity index (χ1n) is 9.24. The highest BCUT2D eigenvalue weighted by Gasteiger charge is 2.61. The van der Waals surface area contributed by atoms with Crippen LogP contribution in [0.15, 0.2) is 11.6 Å². The van der Waals surface area contributed by atoms with Gasteiger partial charge in [-0.3, -0.25) is 4.79 Å². The van der Waals surface area contributed by atoms with Crippen molar-refractivity contribution in [3.63, 3.8) is 0 Å². The van der Waals surface area contributed by atoms with E-state index in [1.807, 2.05) is 0 Å². The van der Waals surface area contributed by atoms with Gasteiger partial charge in [-0.1, -0.05) is 32.4 Å². The molecular formula is C20H29FO. The van der Waals surface area contributed by atoms with Crippen LogP contribution < -0.4 is 0 Å². The molecular weight excluding hydrogens is 275 g/mol. The topological polar surface area (TPSA) is 17.1 Å². The van der Waals surface area contributed by atoms with Crippen molar-refractivity contribution < 1.29 is 9.18 Å². The molecule has 2 heteroatoms. The molecule has 0 amide bonds. The Morgan fingerprint density at radius 1 is 1.14 bits per heavy atom. The molecule has 0 radical (unpaired) electrons. The van der Waals surface area contributed by atoms with E-state index in [9.17, 15) is 9.18 Å². The molecule has 1 nitrogen and oxygen atoms in total. The summed E-state index contributed by atoms with van der Waals surface area (Å²) in [6.45, 7) is 6.89. The molecule has 0 saturated heterocycles. The van der Waals surface area contributed by atoms with Crippen LogP contribution in [-0.4, -0.2) is 12.0 Å². The van der Waals surface area contributed by atoms with Gasteiger partial charge in [0.2, 0.25) is 0 Å². The van der Waals surface area contributed by atoms with Gasteiger partial charge in [0.05, 0.1) is 0 Å². The van der Waals surface area contributed by atoms with E-state index in [1.165, 1.54) is 19.3 Å². The molecule has 4 aliphatic rings. The number of carbonyl (C=O) groups is 1. The van der Waals surface area contributed by atoms with Gasteiger partial charge in [-0.25, -0.2) is 4.39 Å². The van der Waals surface area contributed by atoms with Gasteiger partial charge in [-0.15, -0.1) is 0 Å². The summed E-state index contributed by atoms with van der Waals surface area (Å²) in [5, 5.41) is 0. The van der Waals surface area contributed by atoms with Crippen molar-refractivity contribution in [3.05, 3.63) is 11.6 Å². The van der Waals surface area contributed by atoms with Crippen LogP contribution in [0.4, 0.5) is 4.39 Å². The first-order chi connectivity index (χ1) is 10.4. The monoisotopic (exact) mass is 304 g/mol. The van der Waals surface area contributed by atoms with E-state index in [2.05, 4.69) is 26.8 Å². The van der Waals surface area contributed by atoms with Crippen molar-refractivity contribution in [1.82, 2.24) is 0 Å². The van der Waals surface area contributed by atoms with Gasteiger partial charge in [-0.05, 0) is 74.0 Å². The number of halogens is 1. The molecule has 7 atom stereocenters. The number of alkyl halides is 1. The second kappa shape index (κ2) is 4.68. The minimum atomic E-state index is -1.20. The summed E-state index contributed by atoms with van der Waals surface area (Å²) >= 11 is 0. The summed E-state index contributed by atoms with van der Waals surface area (Å²) in [4.78, 5) is 12.4. The summed E-state index contributed by atoms with van der Waals surface area (Å²) in [6.07, 6.45) is 8.77. The third-order valence-corrected chi connectivity index (χ3v) is 8.05. The lowest BCUT2D eigenvalue weighted by Gasteiger charge is -2.56. The lowest BCUT2D eigenvalue weighted by atomic mass is 9.47. The van der Waals surface area contributed by atoms with Crippen LogP contribution in [0.25, 0.3) is 0 Å². The second-order valence-electron chi connectivity index (χ2n) is 9.13. The summed E-state index contributed by atoms with van der Waals surface area (Å²) in [6, 6.07) is 0. The smallest absolute Gasteiger partial charge is 0.173 e. The molecule has 122 valence electrons. The highest BCUT2D eigenvalue weighted by molar-refractivity contribution is 5.91. The molecule has 4 rings (SSSR count). The van der Waals surface area contributed by atoms with Crippen LogP contribution in [0.1, 0.15) is 65.7 Å². The van der Waals surface area contributed by atoms with Crippen LogP contribution in [0.3, 0.4) is 0 Å². The highest BCUT2D eigenvalue weighted by atomic mass is 19.1. The molecule has 3 saturated carbocycles. The normalized spacial score (nSPS) is 54.3. The van der Waals surface area contributed by atoms with Gasteiger partial charge in [0, 0.05) is 5.41 Å². The van der Waals surface area contributed by atoms with Crippen molar-refractivity contribution in [2.75, 3.05) is 0 Å². The predicted molar refractivity (Wildman–Crippen MR) is 86.2 cm³/mol. The zero-order valence-electron chi connectivity index (χ0n) is 14.2. The Hall–Kier alpha value is -0.660. The number of Topliss-reactive ketones (excluding diaryl/α,β-unsaturated/α-hetero) is 1. The molecule has 3 fully saturated rings. The quantitative estimate of drug-likeness (QED) is 0.569. The largest absolute Gasteiger partial charge is 0.296 e. The summed E-state index contributed by atoms with van der Waals surface area (Å²) in [5.74, 6) is 2.21. The number of hydrogen-bond acceptors (Lipinski definition) is 1. The summed E-state index contributed by atoms with van der Waals surface area (Å²) < 4.78 is 14.1. The first-order valence-corrected chi connectivity index (χ1v) is 9.24. The minimum absolute atomic E-state index is 0.0897. The van der Waals surface area contributed by atoms with Crippen LogP contribution in [0.5, 0.6) is 0 Å². The molecule has 0 bridgehead atoms. The number of ketones is 1. The number of carbonyl (C=O) groups excluding carboxylic acids is 1. The van der Waals surface area contributed by atoms with Crippen LogP contribution in [0, 0.1) is 34.5 Å². The first kappa shape index (κ1) is 14.9. The summed E-state index contributed by atoms with van der Waals surface area (Å²) in [7, 11) is 0. The van der Waals surface area contributed by atoms with E-state index in [0.29, 0.717) is 23.7 Å². The Morgan fingerprint density at radius 2 is 1.86 bits per heavy atom. The molecule has 0 spiro atoms. The predicted octanol–water partition coefficient (Wildman–Crippen LogP) is 5.10. The Kier molecular flexibility index (Phi) is 3.17. The number of hydrogen-bond donors (Lipinski definition) is 0. The van der Waals surface area contributed by atoms with E-state index in [4.69, 9.17) is 0 Å². The Morgan fingerprint density at radius 3 is 2.64 bits per heavy atom. The summed E-state index contributed by atoms with van der Waals surface area (Å²) in [5.41, 5.74) is 1.63. The molecule has 0 heterocycles. The minimum Gasteiger partial charge on any atom is -0.296 e. The standard InChI is InChI=1S/C20H29FO/c1-12-6-8-19(2)13(10-12)4-5-14-15(19)7-9-20(3)16(14)11-17(21)18(20)22/h4,12,14-17H,5-11H2,1-3H3/t12?,14-,15+,16+,17-,19+,20+/m1/s1. The molecule has 0 aromatic heterocycles. The van der Waals surface area contributed by atoms with Crippen LogP contribution >= 0.6 is 0 Å². The van der Waals surface area contributed by atoms with Gasteiger partial charge in [0.25, 0.3) is 0 Å². The molecule has 22 heavy (non-hydrogen) atoms. The van der Waals surface area contributed by atoms with Gasteiger partial charge >= 0.3 is 0 Å². The van der Waals surface area contributed by atoms with E-state index in [-0.39, 0.29) is 17.1 Å². The molecule has 0 aliphatic heterocycles. The van der Waals surface area contributed by atoms with Crippen LogP contribution in [0.2, 0.25) is 0 Å². The lowest BCUT2D eigenvalue weighted by Crippen LogP contribution is -2.50. The van der Waals surface area contributed by atoms with E-state index in [1.54, 1.807) is 5.57 Å². The average molecular weight is 304 g/mol. The van der Waals surface area contributed by atoms with Crippen molar-refractivity contribution in [3.8, 4) is 0 Å². The molecule has 0 aromatic carbocycles. The fraction of sp³-hybridized carbons (Fsp3) is 0.850. The van der Waals surface area contributed by atoms with Crippen molar-refractivity contribution >= 4 is 5.78 Å². The maximum atomic E-state index is 14.1. The van der Waals surface area contributed by atoms with Gasteiger partial charge in [0.15, 0.2) is 12.0 Å². The molecule has 1 unspecified atom stereocenters. The van der Waals surface area contributed by atoms with Gasteiger partial charge < -0.3 is 0 Å². The Labute approximate surface area is 133 Å². The van der Waals surface area contributed by atoms with Gasteiger partial charge in [-0.2, -0.15) is 0 Å². The van der Waals surface area contributed by atoms with Crippen molar-refractivity contribution in [2.24, 2.45) is 34.5 Å². The zero-order chi connectivity index (χ0) is 15.7. The van der Waals surface area contributed by atoms with E-state index < -0.39 is 6.17 Å².